The van der Waals surface area contributed by atoms with Crippen LogP contribution in [-0.4, -0.2) is 47.7 Å². The van der Waals surface area contributed by atoms with Crippen LogP contribution < -0.4 is 10.6 Å². The van der Waals surface area contributed by atoms with Crippen molar-refractivity contribution < 1.29 is 18.4 Å². The molecule has 2 heterocycles. The van der Waals surface area contributed by atoms with Gasteiger partial charge < -0.3 is 10.6 Å². The van der Waals surface area contributed by atoms with Gasteiger partial charge in [-0.1, -0.05) is 23.8 Å². The Bertz CT molecular complexity index is 1030. The zero-order chi connectivity index (χ0) is 21.3. The average Bonchev–Trinajstić information content (AvgIpc) is 3.03. The predicted molar refractivity (Wildman–Crippen MR) is 109 cm³/mol. The highest BCUT2D eigenvalue weighted by atomic mass is 19.1. The zero-order valence-electron chi connectivity index (χ0n) is 16.5. The fourth-order valence-electron chi connectivity index (χ4n) is 3.86. The molecule has 2 aliphatic rings. The van der Waals surface area contributed by atoms with Gasteiger partial charge in [0.25, 0.3) is 5.91 Å². The van der Waals surface area contributed by atoms with Gasteiger partial charge in [-0.25, -0.2) is 8.78 Å². The van der Waals surface area contributed by atoms with E-state index < -0.39 is 23.2 Å². The number of likely N-dealkylation sites (tertiary alicyclic amines) is 1. The van der Waals surface area contributed by atoms with Gasteiger partial charge in [-0.3, -0.25) is 19.5 Å². The summed E-state index contributed by atoms with van der Waals surface area (Å²) >= 11 is 0. The summed E-state index contributed by atoms with van der Waals surface area (Å²) in [6, 6.07) is 10.6. The maximum atomic E-state index is 13.7. The topological polar surface area (TPSA) is 73.8 Å². The minimum absolute atomic E-state index is 0.0500. The van der Waals surface area contributed by atoms with Crippen molar-refractivity contribution in [1.29, 1.82) is 0 Å². The third kappa shape index (κ3) is 4.23. The van der Waals surface area contributed by atoms with Crippen LogP contribution in [-0.2, 0) is 9.59 Å². The van der Waals surface area contributed by atoms with Crippen molar-refractivity contribution in [2.75, 3.05) is 25.0 Å². The second kappa shape index (κ2) is 7.95. The van der Waals surface area contributed by atoms with Crippen LogP contribution in [0.3, 0.4) is 0 Å². The summed E-state index contributed by atoms with van der Waals surface area (Å²) in [5.41, 5.74) is 1.45. The summed E-state index contributed by atoms with van der Waals surface area (Å²) in [5, 5.41) is 5.41. The fourth-order valence-corrected chi connectivity index (χ4v) is 3.86. The summed E-state index contributed by atoms with van der Waals surface area (Å²) in [6.07, 6.45) is 1.13. The van der Waals surface area contributed by atoms with Crippen LogP contribution in [0.1, 0.15) is 24.0 Å². The average molecular weight is 412 g/mol. The lowest BCUT2D eigenvalue weighted by Crippen LogP contribution is -2.52. The maximum Gasteiger partial charge on any atom is 0.272 e. The maximum absolute atomic E-state index is 13.7. The number of hydrogen-bond donors (Lipinski definition) is 2. The van der Waals surface area contributed by atoms with Crippen molar-refractivity contribution >= 4 is 23.2 Å². The molecule has 0 radical (unpaired) electrons. The standard InChI is InChI=1S/C22H22F2N4O2/c1-14-3-2-4-15(11-14)20-21(30)27-22(26-20)7-9-28(10-8-22)13-19(29)25-18-12-16(23)5-6-17(18)24/h2-6,11-12H,7-10,13H2,1H3,(H,25,29)(H,27,30). The number of anilines is 1. The molecule has 1 fully saturated rings. The van der Waals surface area contributed by atoms with Crippen molar-refractivity contribution in [3.05, 3.63) is 65.2 Å². The van der Waals surface area contributed by atoms with Gasteiger partial charge >= 0.3 is 0 Å². The summed E-state index contributed by atoms with van der Waals surface area (Å²) in [6.45, 7) is 3.11. The number of aliphatic imine (C=N–C) groups is 1. The van der Waals surface area contributed by atoms with Crippen molar-refractivity contribution in [3.63, 3.8) is 0 Å². The van der Waals surface area contributed by atoms with Gasteiger partial charge in [0.05, 0.1) is 12.2 Å². The molecule has 1 spiro atoms. The first-order chi connectivity index (χ1) is 14.3. The number of aryl methyl sites for hydroxylation is 1. The normalized spacial score (nSPS) is 18.2. The van der Waals surface area contributed by atoms with E-state index in [1.807, 2.05) is 36.1 Å². The molecule has 2 aliphatic heterocycles. The molecule has 2 N–H and O–H groups in total. The molecular weight excluding hydrogens is 390 g/mol. The fraction of sp³-hybridized carbons (Fsp3) is 0.318. The molecule has 0 unspecified atom stereocenters. The van der Waals surface area contributed by atoms with Crippen molar-refractivity contribution in [1.82, 2.24) is 10.2 Å². The molecule has 4 rings (SSSR count). The van der Waals surface area contributed by atoms with Gasteiger partial charge in [-0.15, -0.1) is 0 Å². The van der Waals surface area contributed by atoms with Crippen LogP contribution >= 0.6 is 0 Å². The number of carbonyl (C=O) groups excluding carboxylic acids is 2. The van der Waals surface area contributed by atoms with E-state index >= 15 is 0 Å². The number of rotatable bonds is 4. The van der Waals surface area contributed by atoms with Gasteiger partial charge in [0, 0.05) is 37.6 Å². The molecule has 0 aliphatic carbocycles. The monoisotopic (exact) mass is 412 g/mol. The first-order valence-electron chi connectivity index (χ1n) is 9.80. The van der Waals surface area contributed by atoms with E-state index in [1.165, 1.54) is 0 Å². The molecule has 2 aromatic carbocycles. The van der Waals surface area contributed by atoms with Crippen LogP contribution in [0.25, 0.3) is 0 Å². The number of nitrogens with one attached hydrogen (secondary N) is 2. The highest BCUT2D eigenvalue weighted by Gasteiger charge is 2.42. The molecule has 6 nitrogen and oxygen atoms in total. The number of amides is 2. The largest absolute Gasteiger partial charge is 0.326 e. The number of nitrogens with zero attached hydrogens (tertiary/aromatic N) is 2. The predicted octanol–water partition coefficient (Wildman–Crippen LogP) is 2.62. The molecule has 2 amide bonds. The summed E-state index contributed by atoms with van der Waals surface area (Å²) < 4.78 is 27.0. The second-order valence-corrected chi connectivity index (χ2v) is 7.76. The Morgan fingerprint density at radius 2 is 1.97 bits per heavy atom. The Morgan fingerprint density at radius 1 is 1.20 bits per heavy atom. The van der Waals surface area contributed by atoms with Gasteiger partial charge in [-0.2, -0.15) is 0 Å². The lowest BCUT2D eigenvalue weighted by Gasteiger charge is -2.36. The van der Waals surface area contributed by atoms with Crippen LogP contribution in [0.15, 0.2) is 47.5 Å². The number of halogens is 2. The van der Waals surface area contributed by atoms with E-state index in [9.17, 15) is 18.4 Å². The summed E-state index contributed by atoms with van der Waals surface area (Å²) in [4.78, 5) is 31.4. The van der Waals surface area contributed by atoms with Crippen LogP contribution in [0.4, 0.5) is 14.5 Å². The highest BCUT2D eigenvalue weighted by Crippen LogP contribution is 2.29. The third-order valence-electron chi connectivity index (χ3n) is 5.43. The van der Waals surface area contributed by atoms with Crippen LogP contribution in [0, 0.1) is 18.6 Å². The molecule has 0 saturated carbocycles. The number of piperidine rings is 1. The molecular formula is C22H22F2N4O2. The lowest BCUT2D eigenvalue weighted by molar-refractivity contribution is -0.119. The van der Waals surface area contributed by atoms with E-state index in [0.29, 0.717) is 31.6 Å². The Hall–Kier alpha value is -3.13. The molecule has 0 bridgehead atoms. The summed E-state index contributed by atoms with van der Waals surface area (Å²) in [5.74, 6) is -1.91. The first kappa shape index (κ1) is 20.2. The SMILES string of the molecule is Cc1cccc(C2=NC3(CCN(CC(=O)Nc4cc(F)ccc4F)CC3)NC2=O)c1. The molecule has 30 heavy (non-hydrogen) atoms. The molecule has 1 saturated heterocycles. The van der Waals surface area contributed by atoms with Gasteiger partial charge in [0.2, 0.25) is 5.91 Å². The van der Waals surface area contributed by atoms with Crippen molar-refractivity contribution in [3.8, 4) is 0 Å². The number of hydrogen-bond acceptors (Lipinski definition) is 4. The van der Waals surface area contributed by atoms with E-state index in [1.54, 1.807) is 0 Å². The minimum atomic E-state index is -0.686. The van der Waals surface area contributed by atoms with Gasteiger partial charge in [0.1, 0.15) is 23.0 Å². The first-order valence-corrected chi connectivity index (χ1v) is 9.80. The second-order valence-electron chi connectivity index (χ2n) is 7.76. The molecule has 156 valence electrons. The van der Waals surface area contributed by atoms with E-state index in [0.717, 1.165) is 29.3 Å². The van der Waals surface area contributed by atoms with Crippen molar-refractivity contribution in [2.45, 2.75) is 25.4 Å². The van der Waals surface area contributed by atoms with Gasteiger partial charge in [-0.05, 0) is 25.1 Å². The van der Waals surface area contributed by atoms with E-state index in [-0.39, 0.29) is 18.1 Å². The van der Waals surface area contributed by atoms with Gasteiger partial charge in [0.15, 0.2) is 0 Å². The quantitative estimate of drug-likeness (QED) is 0.811. The van der Waals surface area contributed by atoms with Crippen molar-refractivity contribution in [2.24, 2.45) is 4.99 Å². The molecule has 2 aromatic rings. The Balaban J connectivity index is 1.37. The highest BCUT2D eigenvalue weighted by molar-refractivity contribution is 6.46. The molecule has 0 atom stereocenters. The van der Waals surface area contributed by atoms with E-state index in [2.05, 4.69) is 10.6 Å². The molecule has 8 heteroatoms. The molecule has 0 aromatic heterocycles. The summed E-state index contributed by atoms with van der Waals surface area (Å²) in [7, 11) is 0. The zero-order valence-corrected chi connectivity index (χ0v) is 16.5. The third-order valence-corrected chi connectivity index (χ3v) is 5.43. The van der Waals surface area contributed by atoms with E-state index in [4.69, 9.17) is 4.99 Å². The Kier molecular flexibility index (Phi) is 5.34. The minimum Gasteiger partial charge on any atom is -0.326 e. The Morgan fingerprint density at radius 3 is 2.70 bits per heavy atom. The van der Waals surface area contributed by atoms with Crippen LogP contribution in [0.5, 0.6) is 0 Å². The lowest BCUT2D eigenvalue weighted by atomic mass is 9.98. The number of benzene rings is 2. The number of carbonyl (C=O) groups is 2. The van der Waals surface area contributed by atoms with Crippen LogP contribution in [0.2, 0.25) is 0 Å². The Labute approximate surface area is 173 Å². The smallest absolute Gasteiger partial charge is 0.272 e.